The first-order chi connectivity index (χ1) is 14.2. The van der Waals surface area contributed by atoms with Crippen LogP contribution in [0.2, 0.25) is 0 Å². The summed E-state index contributed by atoms with van der Waals surface area (Å²) >= 11 is 0. The van der Waals surface area contributed by atoms with E-state index in [1.165, 1.54) is 82.6 Å². The highest BCUT2D eigenvalue weighted by Gasteiger charge is 2.37. The first-order valence-electron chi connectivity index (χ1n) is 12.8. The lowest BCUT2D eigenvalue weighted by Gasteiger charge is -2.42. The van der Waals surface area contributed by atoms with Crippen molar-refractivity contribution in [1.82, 2.24) is 0 Å². The normalized spacial score (nSPS) is 29.8. The van der Waals surface area contributed by atoms with E-state index in [1.807, 2.05) is 0 Å². The minimum absolute atomic E-state index is 0.233. The van der Waals surface area contributed by atoms with E-state index in [-0.39, 0.29) is 6.67 Å². The number of allylic oxidation sites excluding steroid dienone is 6. The molecule has 0 aromatic heterocycles. The Hall–Kier alpha value is -0.850. The van der Waals surface area contributed by atoms with E-state index >= 15 is 0 Å². The van der Waals surface area contributed by atoms with E-state index in [0.29, 0.717) is 23.7 Å². The monoisotopic (exact) mass is 400 g/mol. The van der Waals surface area contributed by atoms with Crippen LogP contribution in [0.15, 0.2) is 36.0 Å². The van der Waals surface area contributed by atoms with Gasteiger partial charge in [0.2, 0.25) is 0 Å². The zero-order valence-electron chi connectivity index (χ0n) is 19.2. The molecule has 4 atom stereocenters. The van der Waals surface area contributed by atoms with Crippen molar-refractivity contribution in [2.75, 3.05) is 6.67 Å². The van der Waals surface area contributed by atoms with Crippen LogP contribution < -0.4 is 0 Å². The second kappa shape index (κ2) is 11.5. The third-order valence-electron chi connectivity index (χ3n) is 8.54. The molecule has 0 aromatic carbocycles. The summed E-state index contributed by atoms with van der Waals surface area (Å²) in [6, 6.07) is 0. The highest BCUT2D eigenvalue weighted by atomic mass is 19.1. The summed E-state index contributed by atoms with van der Waals surface area (Å²) in [4.78, 5) is 0. The molecule has 0 nitrogen and oxygen atoms in total. The summed E-state index contributed by atoms with van der Waals surface area (Å²) < 4.78 is 12.6. The average molecular weight is 401 g/mol. The van der Waals surface area contributed by atoms with Crippen LogP contribution in [0.4, 0.5) is 4.39 Å². The van der Waals surface area contributed by atoms with Crippen molar-refractivity contribution in [2.45, 2.75) is 104 Å². The molecule has 4 unspecified atom stereocenters. The van der Waals surface area contributed by atoms with Gasteiger partial charge in [0.05, 0.1) is 6.67 Å². The Balaban J connectivity index is 1.56. The van der Waals surface area contributed by atoms with Crippen LogP contribution in [0.5, 0.6) is 0 Å². The highest BCUT2D eigenvalue weighted by Crippen LogP contribution is 2.48. The van der Waals surface area contributed by atoms with E-state index in [9.17, 15) is 4.39 Å². The van der Waals surface area contributed by atoms with Gasteiger partial charge in [-0.25, -0.2) is 0 Å². The standard InChI is InChI=1S/C28H45F/c1-3-20-28(4-2,21-7-10-23-8-5-6-9-23)27-17-15-26(16-18-27)25-13-11-24(12-14-25)19-22-29/h11-13,15,17,23,25-27H,3-10,14,16,18-22H2,1-2H3. The molecule has 1 heteroatoms. The maximum absolute atomic E-state index is 12.6. The molecule has 0 radical (unpaired) electrons. The number of hydrogen-bond donors (Lipinski definition) is 0. The molecule has 0 spiro atoms. The van der Waals surface area contributed by atoms with Crippen LogP contribution in [-0.2, 0) is 0 Å². The fraction of sp³-hybridized carbons (Fsp3) is 0.786. The zero-order chi connectivity index (χ0) is 20.5. The summed E-state index contributed by atoms with van der Waals surface area (Å²) in [6.45, 7) is 4.60. The SMILES string of the molecule is CCCC(CC)(CCCC1CCCC1)C1C=CC(C2C=CC(CCF)=CC2)CC1. The fourth-order valence-electron chi connectivity index (χ4n) is 6.65. The van der Waals surface area contributed by atoms with Gasteiger partial charge in [0, 0.05) is 6.42 Å². The molecular weight excluding hydrogens is 355 g/mol. The molecule has 0 amide bonds. The molecule has 3 rings (SSSR count). The smallest absolute Gasteiger partial charge is 0.0934 e. The Morgan fingerprint density at radius 1 is 0.966 bits per heavy atom. The molecule has 164 valence electrons. The third-order valence-corrected chi connectivity index (χ3v) is 8.54. The summed E-state index contributed by atoms with van der Waals surface area (Å²) in [5.41, 5.74) is 1.72. The van der Waals surface area contributed by atoms with Crippen molar-refractivity contribution in [1.29, 1.82) is 0 Å². The van der Waals surface area contributed by atoms with Crippen molar-refractivity contribution in [3.63, 3.8) is 0 Å². The lowest BCUT2D eigenvalue weighted by atomic mass is 9.62. The number of halogens is 1. The topological polar surface area (TPSA) is 0 Å². The molecule has 0 bridgehead atoms. The van der Waals surface area contributed by atoms with Gasteiger partial charge in [0.15, 0.2) is 0 Å². The second-order valence-electron chi connectivity index (χ2n) is 10.2. The summed E-state index contributed by atoms with van der Waals surface area (Å²) in [7, 11) is 0. The van der Waals surface area contributed by atoms with Gasteiger partial charge < -0.3 is 0 Å². The van der Waals surface area contributed by atoms with Gasteiger partial charge >= 0.3 is 0 Å². The molecule has 0 N–H and O–H groups in total. The molecule has 1 saturated carbocycles. The maximum atomic E-state index is 12.6. The first-order valence-corrected chi connectivity index (χ1v) is 12.8. The predicted octanol–water partition coefficient (Wildman–Crippen LogP) is 8.99. The van der Waals surface area contributed by atoms with Crippen molar-refractivity contribution in [3.05, 3.63) is 36.0 Å². The van der Waals surface area contributed by atoms with Crippen LogP contribution >= 0.6 is 0 Å². The second-order valence-corrected chi connectivity index (χ2v) is 10.2. The van der Waals surface area contributed by atoms with Crippen LogP contribution in [0.25, 0.3) is 0 Å². The Bertz CT molecular complexity index is 565. The molecule has 3 aliphatic rings. The van der Waals surface area contributed by atoms with E-state index in [1.54, 1.807) is 0 Å². The Morgan fingerprint density at radius 3 is 2.38 bits per heavy atom. The Morgan fingerprint density at radius 2 is 1.79 bits per heavy atom. The van der Waals surface area contributed by atoms with Gasteiger partial charge in [0.1, 0.15) is 0 Å². The molecule has 29 heavy (non-hydrogen) atoms. The van der Waals surface area contributed by atoms with Crippen LogP contribution in [0.3, 0.4) is 0 Å². The van der Waals surface area contributed by atoms with Crippen LogP contribution in [0, 0.1) is 29.1 Å². The third kappa shape index (κ3) is 6.08. The van der Waals surface area contributed by atoms with Crippen LogP contribution in [0.1, 0.15) is 104 Å². The summed E-state index contributed by atoms with van der Waals surface area (Å²) in [5, 5.41) is 0. The fourth-order valence-corrected chi connectivity index (χ4v) is 6.65. The molecule has 0 aliphatic heterocycles. The van der Waals surface area contributed by atoms with Gasteiger partial charge in [-0.3, -0.25) is 4.39 Å². The van der Waals surface area contributed by atoms with Crippen LogP contribution in [-0.4, -0.2) is 6.67 Å². The molecular formula is C28H45F. The van der Waals surface area contributed by atoms with Gasteiger partial charge in [-0.15, -0.1) is 0 Å². The summed E-state index contributed by atoms with van der Waals surface area (Å²) in [6.07, 6.45) is 30.7. The van der Waals surface area contributed by atoms with Crippen molar-refractivity contribution in [3.8, 4) is 0 Å². The Kier molecular flexibility index (Phi) is 9.07. The van der Waals surface area contributed by atoms with Crippen molar-refractivity contribution < 1.29 is 4.39 Å². The van der Waals surface area contributed by atoms with Crippen molar-refractivity contribution in [2.24, 2.45) is 29.1 Å². The first kappa shape index (κ1) is 22.8. The van der Waals surface area contributed by atoms with Gasteiger partial charge in [-0.1, -0.05) is 89.2 Å². The van der Waals surface area contributed by atoms with E-state index in [0.717, 1.165) is 18.3 Å². The minimum Gasteiger partial charge on any atom is -0.251 e. The zero-order valence-corrected chi connectivity index (χ0v) is 19.2. The van der Waals surface area contributed by atoms with Gasteiger partial charge in [-0.2, -0.15) is 0 Å². The van der Waals surface area contributed by atoms with E-state index in [2.05, 4.69) is 44.2 Å². The van der Waals surface area contributed by atoms with E-state index < -0.39 is 0 Å². The number of hydrogen-bond acceptors (Lipinski definition) is 0. The lowest BCUT2D eigenvalue weighted by molar-refractivity contribution is 0.124. The van der Waals surface area contributed by atoms with Gasteiger partial charge in [0.25, 0.3) is 0 Å². The van der Waals surface area contributed by atoms with Gasteiger partial charge in [-0.05, 0) is 73.2 Å². The summed E-state index contributed by atoms with van der Waals surface area (Å²) in [5.74, 6) is 3.11. The quantitative estimate of drug-likeness (QED) is 0.303. The number of rotatable bonds is 11. The largest absolute Gasteiger partial charge is 0.251 e. The van der Waals surface area contributed by atoms with Crippen molar-refractivity contribution >= 4 is 0 Å². The Labute approximate surface area is 180 Å². The predicted molar refractivity (Wildman–Crippen MR) is 125 cm³/mol. The highest BCUT2D eigenvalue weighted by molar-refractivity contribution is 5.25. The number of alkyl halides is 1. The van der Waals surface area contributed by atoms with E-state index in [4.69, 9.17) is 0 Å². The molecule has 0 saturated heterocycles. The minimum atomic E-state index is -0.233. The molecule has 0 aromatic rings. The maximum Gasteiger partial charge on any atom is 0.0934 e. The molecule has 0 heterocycles. The molecule has 3 aliphatic carbocycles. The molecule has 1 fully saturated rings. The lowest BCUT2D eigenvalue weighted by Crippen LogP contribution is -2.32. The average Bonchev–Trinajstić information content (AvgIpc) is 3.28.